The molecule has 0 aliphatic carbocycles. The monoisotopic (exact) mass is 509 g/mol. The van der Waals surface area contributed by atoms with Crippen LogP contribution in [-0.4, -0.2) is 55.9 Å². The highest BCUT2D eigenvalue weighted by molar-refractivity contribution is 14.0. The van der Waals surface area contributed by atoms with Crippen LogP contribution in [0.5, 0.6) is 0 Å². The molecule has 8 heteroatoms. The zero-order valence-electron chi connectivity index (χ0n) is 15.9. The number of benzene rings is 1. The molecule has 1 aromatic rings. The summed E-state index contributed by atoms with van der Waals surface area (Å²) >= 11 is 1.71. The maximum Gasteiger partial charge on any atom is 0.308 e. The van der Waals surface area contributed by atoms with E-state index in [0.717, 1.165) is 62.0 Å². The van der Waals surface area contributed by atoms with Crippen LogP contribution in [-0.2, 0) is 9.53 Å². The first-order valence-corrected chi connectivity index (χ1v) is 10.1. The second-order valence-electron chi connectivity index (χ2n) is 6.18. The number of hydrogen-bond acceptors (Lipinski definition) is 4. The summed E-state index contributed by atoms with van der Waals surface area (Å²) < 4.78 is 17.7. The molecule has 152 valence electrons. The van der Waals surface area contributed by atoms with Crippen LogP contribution in [0, 0.1) is 11.7 Å². The second kappa shape index (κ2) is 13.2. The van der Waals surface area contributed by atoms with Crippen molar-refractivity contribution in [3.8, 4) is 0 Å². The average molecular weight is 509 g/mol. The van der Waals surface area contributed by atoms with Crippen molar-refractivity contribution in [2.75, 3.05) is 39.0 Å². The molecule has 1 aliphatic heterocycles. The summed E-state index contributed by atoms with van der Waals surface area (Å²) in [4.78, 5) is 19.6. The van der Waals surface area contributed by atoms with Crippen molar-refractivity contribution in [1.29, 1.82) is 0 Å². The Kier molecular flexibility index (Phi) is 11.7. The number of methoxy groups -OCH3 is 1. The summed E-state index contributed by atoms with van der Waals surface area (Å²) in [5.74, 6) is 1.56. The van der Waals surface area contributed by atoms with Gasteiger partial charge in [-0.25, -0.2) is 4.39 Å². The summed E-state index contributed by atoms with van der Waals surface area (Å²) in [6.07, 6.45) is 2.56. The highest BCUT2D eigenvalue weighted by Crippen LogP contribution is 2.20. The van der Waals surface area contributed by atoms with Crippen molar-refractivity contribution < 1.29 is 13.9 Å². The quantitative estimate of drug-likeness (QED) is 0.152. The highest BCUT2D eigenvalue weighted by atomic mass is 127. The molecule has 0 unspecified atom stereocenters. The zero-order valence-corrected chi connectivity index (χ0v) is 19.1. The number of carbonyl (C=O) groups is 1. The number of piperidine rings is 1. The van der Waals surface area contributed by atoms with E-state index in [2.05, 4.69) is 17.1 Å². The molecule has 1 heterocycles. The Morgan fingerprint density at radius 3 is 2.59 bits per heavy atom. The first-order chi connectivity index (χ1) is 12.6. The van der Waals surface area contributed by atoms with Crippen LogP contribution < -0.4 is 5.32 Å². The third-order valence-electron chi connectivity index (χ3n) is 4.31. The third kappa shape index (κ3) is 8.25. The van der Waals surface area contributed by atoms with Gasteiger partial charge in [-0.15, -0.1) is 35.7 Å². The lowest BCUT2D eigenvalue weighted by molar-refractivity contribution is -0.146. The molecule has 1 aliphatic rings. The largest absolute Gasteiger partial charge is 0.469 e. The van der Waals surface area contributed by atoms with Crippen molar-refractivity contribution in [3.05, 3.63) is 30.1 Å². The number of carbonyl (C=O) groups excluding carboxylic acids is 1. The fourth-order valence-corrected chi connectivity index (χ4v) is 3.73. The van der Waals surface area contributed by atoms with Gasteiger partial charge in [0.2, 0.25) is 0 Å². The molecule has 1 saturated heterocycles. The summed E-state index contributed by atoms with van der Waals surface area (Å²) in [6, 6.07) is 6.58. The zero-order chi connectivity index (χ0) is 18.8. The average Bonchev–Trinajstić information content (AvgIpc) is 2.68. The Hall–Kier alpha value is -1.03. The van der Waals surface area contributed by atoms with Gasteiger partial charge in [-0.3, -0.25) is 9.79 Å². The third-order valence-corrected chi connectivity index (χ3v) is 5.41. The summed E-state index contributed by atoms with van der Waals surface area (Å²) in [7, 11) is 1.45. The van der Waals surface area contributed by atoms with E-state index in [9.17, 15) is 9.18 Å². The van der Waals surface area contributed by atoms with Gasteiger partial charge in [0.25, 0.3) is 0 Å². The van der Waals surface area contributed by atoms with E-state index in [1.54, 1.807) is 23.9 Å². The Labute approximate surface area is 182 Å². The van der Waals surface area contributed by atoms with Gasteiger partial charge in [-0.05, 0) is 56.2 Å². The maximum atomic E-state index is 12.9. The Morgan fingerprint density at radius 2 is 2.00 bits per heavy atom. The van der Waals surface area contributed by atoms with E-state index >= 15 is 0 Å². The standard InChI is InChI=1S/C19H28FN3O2S.HI/c1-3-21-19(23-12-9-15(10-13-23)18(24)25-2)22-11-4-14-26-17-7-5-16(20)6-8-17;/h5-8,15H,3-4,9-14H2,1-2H3,(H,21,22);1H. The van der Waals surface area contributed by atoms with Crippen LogP contribution in [0.3, 0.4) is 0 Å². The second-order valence-corrected chi connectivity index (χ2v) is 7.34. The van der Waals surface area contributed by atoms with Gasteiger partial charge in [-0.1, -0.05) is 0 Å². The van der Waals surface area contributed by atoms with Crippen LogP contribution >= 0.6 is 35.7 Å². The molecule has 27 heavy (non-hydrogen) atoms. The van der Waals surface area contributed by atoms with E-state index in [-0.39, 0.29) is 41.7 Å². The van der Waals surface area contributed by atoms with Gasteiger partial charge < -0.3 is 15.0 Å². The lowest BCUT2D eigenvalue weighted by Crippen LogP contribution is -2.46. The maximum absolute atomic E-state index is 12.9. The number of nitrogens with one attached hydrogen (secondary N) is 1. The molecule has 0 spiro atoms. The number of halogens is 2. The predicted molar refractivity (Wildman–Crippen MR) is 119 cm³/mol. The molecular formula is C19H29FIN3O2S. The van der Waals surface area contributed by atoms with Gasteiger partial charge in [-0.2, -0.15) is 0 Å². The van der Waals surface area contributed by atoms with Crippen LogP contribution in [0.2, 0.25) is 0 Å². The molecule has 0 atom stereocenters. The Balaban J connectivity index is 0.00000364. The number of guanidine groups is 1. The first kappa shape index (κ1) is 24.0. The minimum atomic E-state index is -0.204. The van der Waals surface area contributed by atoms with Gasteiger partial charge in [0.1, 0.15) is 5.82 Å². The van der Waals surface area contributed by atoms with E-state index in [1.807, 2.05) is 0 Å². The van der Waals surface area contributed by atoms with Crippen LogP contribution in [0.15, 0.2) is 34.2 Å². The Bertz CT molecular complexity index is 593. The smallest absolute Gasteiger partial charge is 0.308 e. The van der Waals surface area contributed by atoms with E-state index in [4.69, 9.17) is 9.73 Å². The fourth-order valence-electron chi connectivity index (χ4n) is 2.89. The molecule has 0 bridgehead atoms. The van der Waals surface area contributed by atoms with Gasteiger partial charge in [0.15, 0.2) is 5.96 Å². The van der Waals surface area contributed by atoms with Crippen molar-refractivity contribution in [3.63, 3.8) is 0 Å². The van der Waals surface area contributed by atoms with Crippen molar-refractivity contribution in [2.24, 2.45) is 10.9 Å². The Morgan fingerprint density at radius 1 is 1.33 bits per heavy atom. The van der Waals surface area contributed by atoms with Crippen LogP contribution in [0.1, 0.15) is 26.2 Å². The summed E-state index contributed by atoms with van der Waals surface area (Å²) in [5.41, 5.74) is 0. The van der Waals surface area contributed by atoms with Crippen LogP contribution in [0.4, 0.5) is 4.39 Å². The molecule has 0 amide bonds. The van der Waals surface area contributed by atoms with Crippen molar-refractivity contribution in [1.82, 2.24) is 10.2 Å². The topological polar surface area (TPSA) is 53.9 Å². The van der Waals surface area contributed by atoms with E-state index < -0.39 is 0 Å². The molecule has 1 fully saturated rings. The number of thioether (sulfide) groups is 1. The van der Waals surface area contributed by atoms with Crippen molar-refractivity contribution >= 4 is 47.7 Å². The van der Waals surface area contributed by atoms with E-state index in [1.165, 1.54) is 19.2 Å². The normalized spacial score (nSPS) is 15.2. The first-order valence-electron chi connectivity index (χ1n) is 9.13. The number of hydrogen-bond donors (Lipinski definition) is 1. The highest BCUT2D eigenvalue weighted by Gasteiger charge is 2.26. The minimum absolute atomic E-state index is 0. The molecule has 5 nitrogen and oxygen atoms in total. The lowest BCUT2D eigenvalue weighted by Gasteiger charge is -2.33. The van der Waals surface area contributed by atoms with Gasteiger partial charge in [0.05, 0.1) is 13.0 Å². The molecule has 0 radical (unpaired) electrons. The summed E-state index contributed by atoms with van der Waals surface area (Å²) in [5, 5.41) is 3.34. The number of likely N-dealkylation sites (tertiary alicyclic amines) is 1. The predicted octanol–water partition coefficient (Wildman–Crippen LogP) is 3.78. The van der Waals surface area contributed by atoms with Gasteiger partial charge >= 0.3 is 5.97 Å². The van der Waals surface area contributed by atoms with E-state index in [0.29, 0.717) is 0 Å². The van der Waals surface area contributed by atoms with Gasteiger partial charge in [0, 0.05) is 31.1 Å². The SMILES string of the molecule is CCNC(=NCCCSc1ccc(F)cc1)N1CCC(C(=O)OC)CC1.I. The molecule has 1 aromatic carbocycles. The van der Waals surface area contributed by atoms with Crippen molar-refractivity contribution in [2.45, 2.75) is 31.1 Å². The minimum Gasteiger partial charge on any atom is -0.469 e. The number of ether oxygens (including phenoxy) is 1. The van der Waals surface area contributed by atoms with Crippen LogP contribution in [0.25, 0.3) is 0 Å². The molecular weight excluding hydrogens is 480 g/mol. The molecule has 1 N–H and O–H groups in total. The molecule has 0 aromatic heterocycles. The lowest BCUT2D eigenvalue weighted by atomic mass is 9.97. The molecule has 2 rings (SSSR count). The number of nitrogens with zero attached hydrogens (tertiary/aromatic N) is 2. The number of aliphatic imine (C=N–C) groups is 1. The fraction of sp³-hybridized carbons (Fsp3) is 0.579. The summed E-state index contributed by atoms with van der Waals surface area (Å²) in [6.45, 7) is 5.25. The number of rotatable bonds is 7. The molecule has 0 saturated carbocycles. The number of esters is 1.